The molecule has 0 bridgehead atoms. The molecular weight excluding hydrogens is 204 g/mol. The number of anilines is 1. The molecule has 5 heteroatoms. The fourth-order valence-corrected chi connectivity index (χ4v) is 1.35. The van der Waals surface area contributed by atoms with E-state index in [2.05, 4.69) is 15.5 Å². The van der Waals surface area contributed by atoms with E-state index in [0.717, 1.165) is 11.3 Å². The fourth-order valence-electron chi connectivity index (χ4n) is 1.35. The average Bonchev–Trinajstić information content (AvgIpc) is 2.83. The van der Waals surface area contributed by atoms with Crippen molar-refractivity contribution in [3.63, 3.8) is 0 Å². The smallest absolute Gasteiger partial charge is 0.247 e. The maximum absolute atomic E-state index is 5.53. The van der Waals surface area contributed by atoms with Crippen molar-refractivity contribution in [3.8, 4) is 11.5 Å². The Morgan fingerprint density at radius 2 is 2.12 bits per heavy atom. The van der Waals surface area contributed by atoms with Gasteiger partial charge in [0.1, 0.15) is 0 Å². The molecule has 0 saturated carbocycles. The van der Waals surface area contributed by atoms with Crippen molar-refractivity contribution < 1.29 is 4.42 Å². The molecule has 0 saturated heterocycles. The van der Waals surface area contributed by atoms with Crippen LogP contribution in [-0.4, -0.2) is 22.8 Å². The summed E-state index contributed by atoms with van der Waals surface area (Å²) in [5, 5.41) is 10.7. The molecule has 84 valence electrons. The molecule has 3 N–H and O–H groups in total. The molecule has 5 nitrogen and oxygen atoms in total. The van der Waals surface area contributed by atoms with Crippen LogP contribution >= 0.6 is 0 Å². The minimum atomic E-state index is 0.259. The Bertz CT molecular complexity index is 424. The highest BCUT2D eigenvalue weighted by Gasteiger charge is 2.03. The first-order chi connectivity index (χ1) is 7.79. The van der Waals surface area contributed by atoms with Gasteiger partial charge in [-0.15, -0.1) is 10.2 Å². The van der Waals surface area contributed by atoms with Gasteiger partial charge in [-0.2, -0.15) is 0 Å². The van der Waals surface area contributed by atoms with E-state index in [1.54, 1.807) is 0 Å². The van der Waals surface area contributed by atoms with E-state index in [1.807, 2.05) is 31.2 Å². The average molecular weight is 218 g/mol. The van der Waals surface area contributed by atoms with Crippen LogP contribution in [0.15, 0.2) is 35.1 Å². The van der Waals surface area contributed by atoms with Crippen LogP contribution in [0.1, 0.15) is 6.92 Å². The molecule has 0 radical (unpaired) electrons. The number of nitrogens with one attached hydrogen (secondary N) is 1. The summed E-state index contributed by atoms with van der Waals surface area (Å²) in [5.41, 5.74) is 7.47. The van der Waals surface area contributed by atoms with Crippen LogP contribution in [0.2, 0.25) is 0 Å². The standard InChI is InChI=1S/C11H14N4O/c1-8(6-12)14-10-4-2-9(3-5-10)11-15-13-7-16-11/h2-5,7-8,14H,6,12H2,1H3. The molecule has 1 aromatic carbocycles. The number of nitrogens with zero attached hydrogens (tertiary/aromatic N) is 2. The van der Waals surface area contributed by atoms with E-state index in [4.69, 9.17) is 10.2 Å². The van der Waals surface area contributed by atoms with Crippen LogP contribution in [0.4, 0.5) is 5.69 Å². The van der Waals surface area contributed by atoms with Gasteiger partial charge in [0, 0.05) is 23.8 Å². The minimum absolute atomic E-state index is 0.259. The second-order valence-electron chi connectivity index (χ2n) is 3.60. The van der Waals surface area contributed by atoms with Crippen LogP contribution in [0.3, 0.4) is 0 Å². The Hall–Kier alpha value is -1.88. The Morgan fingerprint density at radius 1 is 1.38 bits per heavy atom. The van der Waals surface area contributed by atoms with Crippen LogP contribution in [-0.2, 0) is 0 Å². The third-order valence-electron chi connectivity index (χ3n) is 2.26. The van der Waals surface area contributed by atoms with Crippen molar-refractivity contribution in [2.45, 2.75) is 13.0 Å². The maximum Gasteiger partial charge on any atom is 0.247 e. The molecule has 2 rings (SSSR count). The van der Waals surface area contributed by atoms with Crippen LogP contribution in [0.5, 0.6) is 0 Å². The molecule has 16 heavy (non-hydrogen) atoms. The summed E-state index contributed by atoms with van der Waals surface area (Å²) in [7, 11) is 0. The number of hydrogen-bond acceptors (Lipinski definition) is 5. The van der Waals surface area contributed by atoms with Gasteiger partial charge in [-0.3, -0.25) is 0 Å². The lowest BCUT2D eigenvalue weighted by Gasteiger charge is -2.12. The zero-order chi connectivity index (χ0) is 11.4. The van der Waals surface area contributed by atoms with Gasteiger partial charge in [-0.05, 0) is 31.2 Å². The van der Waals surface area contributed by atoms with Crippen molar-refractivity contribution in [2.24, 2.45) is 5.73 Å². The molecule has 0 fully saturated rings. The Kier molecular flexibility index (Phi) is 3.16. The normalized spacial score (nSPS) is 12.4. The van der Waals surface area contributed by atoms with Gasteiger partial charge in [0.25, 0.3) is 0 Å². The van der Waals surface area contributed by atoms with Crippen molar-refractivity contribution >= 4 is 5.69 Å². The van der Waals surface area contributed by atoms with Gasteiger partial charge in [0.2, 0.25) is 12.3 Å². The van der Waals surface area contributed by atoms with Crippen molar-refractivity contribution in [1.29, 1.82) is 0 Å². The van der Waals surface area contributed by atoms with Crippen molar-refractivity contribution in [3.05, 3.63) is 30.7 Å². The molecular formula is C11H14N4O. The molecule has 1 unspecified atom stereocenters. The van der Waals surface area contributed by atoms with E-state index in [9.17, 15) is 0 Å². The number of benzene rings is 1. The summed E-state index contributed by atoms with van der Waals surface area (Å²) in [5.74, 6) is 0.526. The predicted octanol–water partition coefficient (Wildman–Crippen LogP) is 1.50. The summed E-state index contributed by atoms with van der Waals surface area (Å²) < 4.78 is 5.10. The molecule has 1 heterocycles. The second kappa shape index (κ2) is 4.76. The molecule has 1 aromatic heterocycles. The van der Waals surface area contributed by atoms with Gasteiger partial charge >= 0.3 is 0 Å². The van der Waals surface area contributed by atoms with E-state index in [0.29, 0.717) is 12.4 Å². The summed E-state index contributed by atoms with van der Waals surface area (Å²) in [6, 6.07) is 8.05. The monoisotopic (exact) mass is 218 g/mol. The van der Waals surface area contributed by atoms with Gasteiger partial charge in [0.15, 0.2) is 0 Å². The highest BCUT2D eigenvalue weighted by atomic mass is 16.4. The van der Waals surface area contributed by atoms with Crippen LogP contribution in [0, 0.1) is 0 Å². The maximum atomic E-state index is 5.53. The molecule has 2 aromatic rings. The van der Waals surface area contributed by atoms with E-state index < -0.39 is 0 Å². The van der Waals surface area contributed by atoms with Crippen molar-refractivity contribution in [1.82, 2.24) is 10.2 Å². The molecule has 1 atom stereocenters. The first-order valence-electron chi connectivity index (χ1n) is 5.13. The Labute approximate surface area is 93.7 Å². The quantitative estimate of drug-likeness (QED) is 0.813. The highest BCUT2D eigenvalue weighted by Crippen LogP contribution is 2.19. The van der Waals surface area contributed by atoms with E-state index in [1.165, 1.54) is 6.39 Å². The highest BCUT2D eigenvalue weighted by molar-refractivity contribution is 5.58. The Balaban J connectivity index is 2.11. The lowest BCUT2D eigenvalue weighted by molar-refractivity contribution is 0.568. The van der Waals surface area contributed by atoms with Crippen LogP contribution in [0.25, 0.3) is 11.5 Å². The third-order valence-corrected chi connectivity index (χ3v) is 2.26. The first kappa shape index (κ1) is 10.6. The number of rotatable bonds is 4. The number of aromatic nitrogens is 2. The predicted molar refractivity (Wildman–Crippen MR) is 61.9 cm³/mol. The van der Waals surface area contributed by atoms with Gasteiger partial charge in [-0.1, -0.05) is 0 Å². The van der Waals surface area contributed by atoms with Gasteiger partial charge < -0.3 is 15.5 Å². The largest absolute Gasteiger partial charge is 0.423 e. The minimum Gasteiger partial charge on any atom is -0.423 e. The van der Waals surface area contributed by atoms with E-state index in [-0.39, 0.29) is 6.04 Å². The third kappa shape index (κ3) is 2.38. The molecule has 0 aliphatic carbocycles. The Morgan fingerprint density at radius 3 is 2.69 bits per heavy atom. The zero-order valence-electron chi connectivity index (χ0n) is 9.05. The van der Waals surface area contributed by atoms with Crippen molar-refractivity contribution in [2.75, 3.05) is 11.9 Å². The summed E-state index contributed by atoms with van der Waals surface area (Å²) >= 11 is 0. The summed E-state index contributed by atoms with van der Waals surface area (Å²) in [6.07, 6.45) is 1.32. The lowest BCUT2D eigenvalue weighted by Crippen LogP contribution is -2.24. The number of nitrogens with two attached hydrogens (primary N) is 1. The van der Waals surface area contributed by atoms with Gasteiger partial charge in [0.05, 0.1) is 0 Å². The molecule has 0 aliphatic rings. The zero-order valence-corrected chi connectivity index (χ0v) is 9.05. The molecule has 0 spiro atoms. The fraction of sp³-hybridized carbons (Fsp3) is 0.273. The van der Waals surface area contributed by atoms with E-state index >= 15 is 0 Å². The lowest BCUT2D eigenvalue weighted by atomic mass is 10.2. The first-order valence-corrected chi connectivity index (χ1v) is 5.13. The SMILES string of the molecule is CC(CN)Nc1ccc(-c2nnco2)cc1. The topological polar surface area (TPSA) is 77.0 Å². The molecule has 0 amide bonds. The summed E-state index contributed by atoms with van der Waals surface area (Å²) in [4.78, 5) is 0. The second-order valence-corrected chi connectivity index (χ2v) is 3.60. The number of hydrogen-bond donors (Lipinski definition) is 2. The molecule has 0 aliphatic heterocycles. The van der Waals surface area contributed by atoms with Gasteiger partial charge in [-0.25, -0.2) is 0 Å². The van der Waals surface area contributed by atoms with Crippen LogP contribution < -0.4 is 11.1 Å². The summed E-state index contributed by atoms with van der Waals surface area (Å²) in [6.45, 7) is 2.64.